The zero-order valence-electron chi connectivity index (χ0n) is 19.0. The Morgan fingerprint density at radius 3 is 2.09 bits per heavy atom. The van der Waals surface area contributed by atoms with Crippen LogP contribution in [0.15, 0.2) is 77.7 Å². The minimum Gasteiger partial charge on any atom is -0.348 e. The van der Waals surface area contributed by atoms with Crippen LogP contribution >= 0.6 is 0 Å². The van der Waals surface area contributed by atoms with Gasteiger partial charge in [-0.2, -0.15) is 0 Å². The molecule has 3 rings (SSSR count). The zero-order valence-corrected chi connectivity index (χ0v) is 19.8. The molecule has 32 heavy (non-hydrogen) atoms. The smallest absolute Gasteiger partial charge is 0.264 e. The molecular formula is C26H30N2O3S. The molecule has 0 fully saturated rings. The Morgan fingerprint density at radius 1 is 0.938 bits per heavy atom. The molecule has 0 radical (unpaired) electrons. The van der Waals surface area contributed by atoms with Gasteiger partial charge >= 0.3 is 0 Å². The summed E-state index contributed by atoms with van der Waals surface area (Å²) in [5.74, 6) is -0.365. The van der Waals surface area contributed by atoms with Crippen LogP contribution in [0.5, 0.6) is 0 Å². The minimum absolute atomic E-state index is 0.148. The lowest BCUT2D eigenvalue weighted by molar-refractivity contribution is -0.120. The summed E-state index contributed by atoms with van der Waals surface area (Å²) in [4.78, 5) is 13.1. The lowest BCUT2D eigenvalue weighted by Crippen LogP contribution is -2.41. The highest BCUT2D eigenvalue weighted by Crippen LogP contribution is 2.26. The van der Waals surface area contributed by atoms with Crippen molar-refractivity contribution in [3.05, 3.63) is 95.1 Å². The molecule has 0 bridgehead atoms. The fraction of sp³-hybridized carbons (Fsp3) is 0.269. The Balaban J connectivity index is 1.89. The highest BCUT2D eigenvalue weighted by Gasteiger charge is 2.28. The van der Waals surface area contributed by atoms with Crippen LogP contribution in [0.3, 0.4) is 0 Å². The van der Waals surface area contributed by atoms with Gasteiger partial charge < -0.3 is 5.32 Å². The molecule has 0 spiro atoms. The number of aryl methyl sites for hydroxylation is 3. The van der Waals surface area contributed by atoms with Crippen LogP contribution in [-0.4, -0.2) is 20.9 Å². The number of rotatable bonds is 8. The number of amides is 1. The molecular weight excluding hydrogens is 420 g/mol. The highest BCUT2D eigenvalue weighted by molar-refractivity contribution is 7.92. The van der Waals surface area contributed by atoms with Gasteiger partial charge in [-0.1, -0.05) is 55.5 Å². The summed E-state index contributed by atoms with van der Waals surface area (Å²) in [6.45, 7) is 7.50. The lowest BCUT2D eigenvalue weighted by atomic mass is 10.1. The number of benzene rings is 3. The summed E-state index contributed by atoms with van der Waals surface area (Å²) in [7, 11) is -3.92. The molecule has 0 heterocycles. The topological polar surface area (TPSA) is 66.5 Å². The average molecular weight is 451 g/mol. The molecule has 0 aliphatic heterocycles. The van der Waals surface area contributed by atoms with Crippen molar-refractivity contribution in [2.24, 2.45) is 0 Å². The van der Waals surface area contributed by atoms with Crippen LogP contribution in [0.1, 0.15) is 42.1 Å². The van der Waals surface area contributed by atoms with E-state index in [0.717, 1.165) is 23.1 Å². The summed E-state index contributed by atoms with van der Waals surface area (Å²) in [6.07, 6.45) is 0.948. The average Bonchev–Trinajstić information content (AvgIpc) is 2.77. The molecule has 1 atom stereocenters. The molecule has 1 amide bonds. The summed E-state index contributed by atoms with van der Waals surface area (Å²) >= 11 is 0. The van der Waals surface area contributed by atoms with Crippen molar-refractivity contribution in [1.29, 1.82) is 0 Å². The van der Waals surface area contributed by atoms with Crippen LogP contribution in [0.25, 0.3) is 0 Å². The van der Waals surface area contributed by atoms with E-state index < -0.39 is 10.0 Å². The fourth-order valence-electron chi connectivity index (χ4n) is 3.67. The van der Waals surface area contributed by atoms with Crippen molar-refractivity contribution >= 4 is 21.6 Å². The van der Waals surface area contributed by atoms with E-state index in [1.54, 1.807) is 42.5 Å². The second kappa shape index (κ2) is 10.0. The summed E-state index contributed by atoms with van der Waals surface area (Å²) in [6, 6.07) is 21.6. The third-order valence-corrected chi connectivity index (χ3v) is 7.17. The molecule has 0 aliphatic carbocycles. The third kappa shape index (κ3) is 5.56. The summed E-state index contributed by atoms with van der Waals surface area (Å²) < 4.78 is 28.1. The van der Waals surface area contributed by atoms with Gasteiger partial charge in [-0.05, 0) is 73.7 Å². The molecule has 5 nitrogen and oxygen atoms in total. The number of sulfonamides is 1. The maximum atomic E-state index is 13.5. The van der Waals surface area contributed by atoms with Gasteiger partial charge in [0, 0.05) is 0 Å². The summed E-state index contributed by atoms with van der Waals surface area (Å²) in [5.41, 5.74) is 4.53. The van der Waals surface area contributed by atoms with E-state index in [2.05, 4.69) is 12.2 Å². The standard InChI is InChI=1S/C26H30N2O3S/c1-5-22-11-13-23(14-12-22)21(4)27-26(29)18-28(24-16-19(2)15-20(3)17-24)32(30,31)25-9-7-6-8-10-25/h6-17,21H,5,18H2,1-4H3,(H,27,29)/t21-/m1/s1. The molecule has 0 unspecified atom stereocenters. The molecule has 1 N–H and O–H groups in total. The monoisotopic (exact) mass is 450 g/mol. The molecule has 0 saturated heterocycles. The number of hydrogen-bond acceptors (Lipinski definition) is 3. The van der Waals surface area contributed by atoms with Gasteiger partial charge in [0.2, 0.25) is 5.91 Å². The maximum Gasteiger partial charge on any atom is 0.264 e. The highest BCUT2D eigenvalue weighted by atomic mass is 32.2. The van der Waals surface area contributed by atoms with Crippen molar-refractivity contribution in [2.45, 2.75) is 45.1 Å². The summed E-state index contributed by atoms with van der Waals surface area (Å²) in [5, 5.41) is 2.94. The zero-order chi connectivity index (χ0) is 23.3. The maximum absolute atomic E-state index is 13.5. The van der Waals surface area contributed by atoms with Crippen molar-refractivity contribution in [1.82, 2.24) is 5.32 Å². The number of anilines is 1. The Kier molecular flexibility index (Phi) is 7.36. The Bertz CT molecular complexity index is 1150. The SMILES string of the molecule is CCc1ccc([C@@H](C)NC(=O)CN(c2cc(C)cc(C)c2)S(=O)(=O)c2ccccc2)cc1. The van der Waals surface area contributed by atoms with Gasteiger partial charge in [0.25, 0.3) is 10.0 Å². The van der Waals surface area contributed by atoms with E-state index in [1.165, 1.54) is 9.87 Å². The van der Waals surface area contributed by atoms with Gasteiger partial charge in [-0.3, -0.25) is 9.10 Å². The van der Waals surface area contributed by atoms with Crippen LogP contribution in [0, 0.1) is 13.8 Å². The number of carbonyl (C=O) groups is 1. The number of carbonyl (C=O) groups excluding carboxylic acids is 1. The van der Waals surface area contributed by atoms with Crippen LogP contribution < -0.4 is 9.62 Å². The van der Waals surface area contributed by atoms with Gasteiger partial charge in [0.15, 0.2) is 0 Å². The molecule has 3 aromatic carbocycles. The largest absolute Gasteiger partial charge is 0.348 e. The first kappa shape index (κ1) is 23.5. The number of nitrogens with one attached hydrogen (secondary N) is 1. The number of hydrogen-bond donors (Lipinski definition) is 1. The molecule has 0 aromatic heterocycles. The van der Waals surface area contributed by atoms with Gasteiger partial charge in [-0.25, -0.2) is 8.42 Å². The predicted molar refractivity (Wildman–Crippen MR) is 129 cm³/mol. The Hall–Kier alpha value is -3.12. The quantitative estimate of drug-likeness (QED) is 0.529. The lowest BCUT2D eigenvalue weighted by Gasteiger charge is -2.26. The first-order valence-corrected chi connectivity index (χ1v) is 12.2. The van der Waals surface area contributed by atoms with Crippen molar-refractivity contribution < 1.29 is 13.2 Å². The molecule has 0 saturated carbocycles. The molecule has 0 aliphatic rings. The second-order valence-electron chi connectivity index (χ2n) is 8.05. The van der Waals surface area contributed by atoms with E-state index in [0.29, 0.717) is 5.69 Å². The van der Waals surface area contributed by atoms with E-state index in [-0.39, 0.29) is 23.4 Å². The fourth-order valence-corrected chi connectivity index (χ4v) is 5.10. The number of nitrogens with zero attached hydrogens (tertiary/aromatic N) is 1. The Morgan fingerprint density at radius 2 is 1.53 bits per heavy atom. The van der Waals surface area contributed by atoms with E-state index >= 15 is 0 Å². The first-order chi connectivity index (χ1) is 15.2. The third-order valence-electron chi connectivity index (χ3n) is 5.38. The predicted octanol–water partition coefficient (Wildman–Crippen LogP) is 4.94. The van der Waals surface area contributed by atoms with Crippen molar-refractivity contribution in [2.75, 3.05) is 10.8 Å². The van der Waals surface area contributed by atoms with Gasteiger partial charge in [0.1, 0.15) is 6.54 Å². The molecule has 3 aromatic rings. The van der Waals surface area contributed by atoms with Gasteiger partial charge in [-0.15, -0.1) is 0 Å². The minimum atomic E-state index is -3.92. The molecule has 168 valence electrons. The van der Waals surface area contributed by atoms with Crippen LogP contribution in [-0.2, 0) is 21.2 Å². The van der Waals surface area contributed by atoms with Gasteiger partial charge in [0.05, 0.1) is 16.6 Å². The first-order valence-electron chi connectivity index (χ1n) is 10.7. The Labute approximate surface area is 191 Å². The van der Waals surface area contributed by atoms with Crippen LogP contribution in [0.2, 0.25) is 0 Å². The second-order valence-corrected chi connectivity index (χ2v) is 9.92. The van der Waals surface area contributed by atoms with E-state index in [9.17, 15) is 13.2 Å². The van der Waals surface area contributed by atoms with Crippen LogP contribution in [0.4, 0.5) is 5.69 Å². The molecule has 6 heteroatoms. The van der Waals surface area contributed by atoms with Crippen molar-refractivity contribution in [3.63, 3.8) is 0 Å². The van der Waals surface area contributed by atoms with Crippen molar-refractivity contribution in [3.8, 4) is 0 Å². The van der Waals surface area contributed by atoms with E-state index in [1.807, 2.05) is 51.1 Å². The normalized spacial score (nSPS) is 12.2. The van der Waals surface area contributed by atoms with E-state index in [4.69, 9.17) is 0 Å².